The summed E-state index contributed by atoms with van der Waals surface area (Å²) in [6, 6.07) is 0. The quantitative estimate of drug-likeness (QED) is 0.338. The van der Waals surface area contributed by atoms with Gasteiger partial charge in [0.1, 0.15) is 4.83 Å². The molecule has 0 bridgehead atoms. The van der Waals surface area contributed by atoms with Gasteiger partial charge in [0, 0.05) is 11.4 Å². The average molecular weight is 368 g/mol. The van der Waals surface area contributed by atoms with Crippen LogP contribution in [0, 0.1) is 13.8 Å². The largest absolute Gasteiger partial charge is 0.465 e. The molecule has 0 unspecified atom stereocenters. The van der Waals surface area contributed by atoms with Crippen LogP contribution in [0.1, 0.15) is 31.2 Å². The highest BCUT2D eigenvalue weighted by molar-refractivity contribution is 8.01. The minimum absolute atomic E-state index is 0.141. The standard InChI is InChI=1S/C16H20N2O4S2/c1-6-18-14(20)11-8(3)10(5)23-13(11)17-16(18)24-12(9(4)19)15(21)22-7-2/h12H,6-7H2,1-5H3/t12-/m0/s1. The van der Waals surface area contributed by atoms with E-state index < -0.39 is 11.2 Å². The Kier molecular flexibility index (Phi) is 5.82. The summed E-state index contributed by atoms with van der Waals surface area (Å²) < 4.78 is 6.46. The summed E-state index contributed by atoms with van der Waals surface area (Å²) in [5.41, 5.74) is 0.790. The molecule has 2 aromatic rings. The minimum Gasteiger partial charge on any atom is -0.465 e. The van der Waals surface area contributed by atoms with Gasteiger partial charge in [-0.3, -0.25) is 19.0 Å². The zero-order valence-electron chi connectivity index (χ0n) is 14.3. The maximum absolute atomic E-state index is 12.8. The molecule has 0 aliphatic heterocycles. The molecule has 0 N–H and O–H groups in total. The van der Waals surface area contributed by atoms with E-state index in [1.807, 2.05) is 20.8 Å². The molecule has 0 spiro atoms. The molecule has 0 fully saturated rings. The number of esters is 1. The minimum atomic E-state index is -1.02. The molecule has 2 rings (SSSR count). The predicted molar refractivity (Wildman–Crippen MR) is 96.0 cm³/mol. The molecule has 0 amide bonds. The van der Waals surface area contributed by atoms with E-state index in [9.17, 15) is 14.4 Å². The highest BCUT2D eigenvalue weighted by Gasteiger charge is 2.29. The summed E-state index contributed by atoms with van der Waals surface area (Å²) in [6.07, 6.45) is 0. The van der Waals surface area contributed by atoms with Crippen molar-refractivity contribution in [3.63, 3.8) is 0 Å². The van der Waals surface area contributed by atoms with Crippen molar-refractivity contribution in [1.29, 1.82) is 0 Å². The fourth-order valence-electron chi connectivity index (χ4n) is 2.30. The topological polar surface area (TPSA) is 78.3 Å². The molecule has 2 heterocycles. The predicted octanol–water partition coefficient (Wildman–Crippen LogP) is 2.71. The zero-order valence-corrected chi connectivity index (χ0v) is 16.0. The van der Waals surface area contributed by atoms with Gasteiger partial charge in [-0.05, 0) is 40.2 Å². The van der Waals surface area contributed by atoms with Gasteiger partial charge in [0.15, 0.2) is 16.2 Å². The first-order valence-electron chi connectivity index (χ1n) is 7.66. The Hall–Kier alpha value is -1.67. The smallest absolute Gasteiger partial charge is 0.327 e. The van der Waals surface area contributed by atoms with Gasteiger partial charge < -0.3 is 4.74 Å². The lowest BCUT2D eigenvalue weighted by atomic mass is 10.2. The lowest BCUT2D eigenvalue weighted by molar-refractivity contribution is -0.144. The summed E-state index contributed by atoms with van der Waals surface area (Å²) in [6.45, 7) is 9.30. The maximum Gasteiger partial charge on any atom is 0.327 e. The number of rotatable bonds is 6. The Balaban J connectivity index is 2.57. The number of ketones is 1. The number of Topliss-reactive ketones (excluding diaryl/α,β-unsaturated/α-hetero) is 1. The molecule has 24 heavy (non-hydrogen) atoms. The van der Waals surface area contributed by atoms with Crippen molar-refractivity contribution in [2.75, 3.05) is 6.61 Å². The number of hydrogen-bond donors (Lipinski definition) is 0. The van der Waals surface area contributed by atoms with Crippen LogP contribution in [0.3, 0.4) is 0 Å². The first kappa shape index (κ1) is 18.7. The number of hydrogen-bond acceptors (Lipinski definition) is 7. The van der Waals surface area contributed by atoms with Gasteiger partial charge in [-0.25, -0.2) is 4.98 Å². The number of carbonyl (C=O) groups excluding carboxylic acids is 2. The molecule has 6 nitrogen and oxygen atoms in total. The van der Waals surface area contributed by atoms with E-state index in [1.54, 1.807) is 6.92 Å². The zero-order chi connectivity index (χ0) is 18.0. The molecule has 130 valence electrons. The summed E-state index contributed by atoms with van der Waals surface area (Å²) >= 11 is 2.42. The summed E-state index contributed by atoms with van der Waals surface area (Å²) in [5.74, 6) is -0.931. The Labute approximate surface area is 148 Å². The van der Waals surface area contributed by atoms with Crippen molar-refractivity contribution in [3.05, 3.63) is 20.8 Å². The number of aromatic nitrogens is 2. The number of thiophene rings is 1. The fraction of sp³-hybridized carbons (Fsp3) is 0.500. The highest BCUT2D eigenvalue weighted by Crippen LogP contribution is 2.30. The molecule has 0 saturated carbocycles. The second-order valence-corrected chi connectivity index (χ2v) is 7.54. The number of ether oxygens (including phenoxy) is 1. The number of nitrogens with zero attached hydrogens (tertiary/aromatic N) is 2. The van der Waals surface area contributed by atoms with Crippen molar-refractivity contribution >= 4 is 45.1 Å². The number of fused-ring (bicyclic) bond motifs is 1. The molecule has 0 aliphatic rings. The van der Waals surface area contributed by atoms with Crippen LogP contribution in [0.5, 0.6) is 0 Å². The molecular formula is C16H20N2O4S2. The van der Waals surface area contributed by atoms with Crippen molar-refractivity contribution in [2.45, 2.75) is 51.6 Å². The summed E-state index contributed by atoms with van der Waals surface area (Å²) in [5, 5.41) is -0.0435. The summed E-state index contributed by atoms with van der Waals surface area (Å²) in [4.78, 5) is 42.8. The van der Waals surface area contributed by atoms with Crippen molar-refractivity contribution in [2.24, 2.45) is 0 Å². The maximum atomic E-state index is 12.8. The van der Waals surface area contributed by atoms with Gasteiger partial charge in [-0.1, -0.05) is 11.8 Å². The van der Waals surface area contributed by atoms with Gasteiger partial charge in [0.05, 0.1) is 12.0 Å². The Bertz CT molecular complexity index is 854. The van der Waals surface area contributed by atoms with E-state index in [-0.39, 0.29) is 17.9 Å². The molecule has 8 heteroatoms. The van der Waals surface area contributed by atoms with Crippen LogP contribution in [0.15, 0.2) is 9.95 Å². The fourth-order valence-corrected chi connectivity index (χ4v) is 4.40. The Morgan fingerprint density at radius 2 is 2.00 bits per heavy atom. The van der Waals surface area contributed by atoms with Gasteiger partial charge in [-0.15, -0.1) is 11.3 Å². The van der Waals surface area contributed by atoms with E-state index in [1.165, 1.54) is 22.8 Å². The molecular weight excluding hydrogens is 348 g/mol. The van der Waals surface area contributed by atoms with Crippen molar-refractivity contribution < 1.29 is 14.3 Å². The third kappa shape index (κ3) is 3.39. The summed E-state index contributed by atoms with van der Waals surface area (Å²) in [7, 11) is 0. The van der Waals surface area contributed by atoms with E-state index >= 15 is 0 Å². The molecule has 0 aliphatic carbocycles. The SMILES string of the molecule is CCOC(=O)[C@@H](Sc1nc2sc(C)c(C)c2c(=O)n1CC)C(C)=O. The van der Waals surface area contributed by atoms with Crippen LogP contribution in [0.2, 0.25) is 0 Å². The second kappa shape index (κ2) is 7.48. The second-order valence-electron chi connectivity index (χ2n) is 5.27. The molecule has 1 atom stereocenters. The van der Waals surface area contributed by atoms with Crippen molar-refractivity contribution in [3.8, 4) is 0 Å². The van der Waals surface area contributed by atoms with Crippen LogP contribution in [-0.2, 0) is 20.9 Å². The monoisotopic (exact) mass is 368 g/mol. The molecule has 0 aromatic carbocycles. The number of aryl methyl sites for hydroxylation is 2. The van der Waals surface area contributed by atoms with Crippen LogP contribution in [0.25, 0.3) is 10.2 Å². The van der Waals surface area contributed by atoms with Gasteiger partial charge >= 0.3 is 5.97 Å². The first-order chi connectivity index (χ1) is 11.3. The number of carbonyl (C=O) groups is 2. The van der Waals surface area contributed by atoms with Crippen LogP contribution >= 0.6 is 23.1 Å². The van der Waals surface area contributed by atoms with E-state index in [0.29, 0.717) is 21.9 Å². The third-order valence-corrected chi connectivity index (χ3v) is 6.05. The van der Waals surface area contributed by atoms with Crippen LogP contribution in [0.4, 0.5) is 0 Å². The lowest BCUT2D eigenvalue weighted by Gasteiger charge is -2.15. The number of thioether (sulfide) groups is 1. The average Bonchev–Trinajstić information content (AvgIpc) is 2.79. The molecule has 0 saturated heterocycles. The lowest BCUT2D eigenvalue weighted by Crippen LogP contribution is -2.29. The first-order valence-corrected chi connectivity index (χ1v) is 9.35. The van der Waals surface area contributed by atoms with Gasteiger partial charge in [0.2, 0.25) is 0 Å². The highest BCUT2D eigenvalue weighted by atomic mass is 32.2. The normalized spacial score (nSPS) is 12.4. The van der Waals surface area contributed by atoms with Gasteiger partial charge in [0.25, 0.3) is 5.56 Å². The van der Waals surface area contributed by atoms with E-state index in [0.717, 1.165) is 22.2 Å². The van der Waals surface area contributed by atoms with E-state index in [2.05, 4.69) is 4.98 Å². The van der Waals surface area contributed by atoms with Crippen LogP contribution < -0.4 is 5.56 Å². The van der Waals surface area contributed by atoms with Crippen LogP contribution in [-0.4, -0.2) is 33.2 Å². The molecule has 2 aromatic heterocycles. The third-order valence-electron chi connectivity index (χ3n) is 3.66. The van der Waals surface area contributed by atoms with E-state index in [4.69, 9.17) is 4.74 Å². The van der Waals surface area contributed by atoms with Crippen molar-refractivity contribution in [1.82, 2.24) is 9.55 Å². The Morgan fingerprint density at radius 3 is 2.54 bits per heavy atom. The van der Waals surface area contributed by atoms with Gasteiger partial charge in [-0.2, -0.15) is 0 Å². The Morgan fingerprint density at radius 1 is 1.33 bits per heavy atom. The molecule has 0 radical (unpaired) electrons.